The standard InChI is InChI=1S/C18H19N3O2S.C2H4O/c1-11(19-3)4-5-13-6-9-16(20-10-13)23-15-8-7-14-18(17(15)22)24-12(2)21-14;1-2-3/h4-11,19,22H,1-3H3;2H,1H3/b5-4+;/t11-;/m0./s1. The minimum absolute atomic E-state index is 0.103. The molecule has 0 radical (unpaired) electrons. The molecule has 142 valence electrons. The van der Waals surface area contributed by atoms with Gasteiger partial charge in [-0.25, -0.2) is 9.97 Å². The van der Waals surface area contributed by atoms with Crippen molar-refractivity contribution in [3.63, 3.8) is 0 Å². The van der Waals surface area contributed by atoms with Gasteiger partial charge in [-0.2, -0.15) is 0 Å². The molecular weight excluding hydrogens is 362 g/mol. The topological polar surface area (TPSA) is 84.3 Å². The lowest BCUT2D eigenvalue weighted by Crippen LogP contribution is -2.17. The number of likely N-dealkylation sites (N-methyl/N-ethyl adjacent to an activating group) is 1. The van der Waals surface area contributed by atoms with E-state index in [0.29, 0.717) is 17.7 Å². The van der Waals surface area contributed by atoms with E-state index in [1.54, 1.807) is 18.3 Å². The van der Waals surface area contributed by atoms with Crippen molar-refractivity contribution < 1.29 is 14.6 Å². The molecule has 3 rings (SSSR count). The summed E-state index contributed by atoms with van der Waals surface area (Å²) in [6.07, 6.45) is 6.55. The number of aldehydes is 1. The first kappa shape index (κ1) is 20.5. The van der Waals surface area contributed by atoms with E-state index in [1.807, 2.05) is 32.2 Å². The predicted molar refractivity (Wildman–Crippen MR) is 110 cm³/mol. The Kier molecular flexibility index (Phi) is 7.45. The summed E-state index contributed by atoms with van der Waals surface area (Å²) in [5.41, 5.74) is 1.76. The van der Waals surface area contributed by atoms with Crippen LogP contribution in [0, 0.1) is 6.92 Å². The maximum Gasteiger partial charge on any atom is 0.219 e. The first-order chi connectivity index (χ1) is 13.0. The van der Waals surface area contributed by atoms with Crippen LogP contribution in [0.2, 0.25) is 0 Å². The van der Waals surface area contributed by atoms with Crippen molar-refractivity contribution in [2.75, 3.05) is 7.05 Å². The zero-order chi connectivity index (χ0) is 19.8. The molecule has 0 aliphatic heterocycles. The number of aryl methyl sites for hydroxylation is 1. The number of nitrogens with zero attached hydrogens (tertiary/aromatic N) is 2. The Morgan fingerprint density at radius 2 is 2.04 bits per heavy atom. The van der Waals surface area contributed by atoms with Crippen LogP contribution < -0.4 is 10.1 Å². The van der Waals surface area contributed by atoms with Crippen LogP contribution in [0.3, 0.4) is 0 Å². The number of carbonyl (C=O) groups is 1. The Balaban J connectivity index is 0.000000817. The van der Waals surface area contributed by atoms with Crippen molar-refractivity contribution >= 4 is 33.9 Å². The van der Waals surface area contributed by atoms with Crippen LogP contribution >= 0.6 is 11.3 Å². The lowest BCUT2D eigenvalue weighted by atomic mass is 10.2. The van der Waals surface area contributed by atoms with E-state index in [4.69, 9.17) is 9.53 Å². The normalized spacial score (nSPS) is 11.9. The third-order valence-electron chi connectivity index (χ3n) is 3.61. The van der Waals surface area contributed by atoms with Gasteiger partial charge in [0.2, 0.25) is 5.88 Å². The quantitative estimate of drug-likeness (QED) is 0.636. The van der Waals surface area contributed by atoms with Crippen molar-refractivity contribution in [1.29, 1.82) is 0 Å². The van der Waals surface area contributed by atoms with Crippen molar-refractivity contribution in [1.82, 2.24) is 15.3 Å². The molecule has 6 nitrogen and oxygen atoms in total. The molecule has 27 heavy (non-hydrogen) atoms. The summed E-state index contributed by atoms with van der Waals surface area (Å²) >= 11 is 1.44. The van der Waals surface area contributed by atoms with Gasteiger partial charge in [-0.05, 0) is 51.6 Å². The molecule has 2 N–H and O–H groups in total. The molecule has 0 saturated carbocycles. The highest BCUT2D eigenvalue weighted by Crippen LogP contribution is 2.39. The Labute approximate surface area is 162 Å². The van der Waals surface area contributed by atoms with E-state index in [-0.39, 0.29) is 5.75 Å². The van der Waals surface area contributed by atoms with Crippen molar-refractivity contribution in [3.05, 3.63) is 47.1 Å². The van der Waals surface area contributed by atoms with Gasteiger partial charge in [-0.15, -0.1) is 11.3 Å². The SMILES string of the molecule is CC=O.CN[C@@H](C)/C=C/c1ccc(Oc2ccc3nc(C)sc3c2O)nc1. The maximum atomic E-state index is 10.4. The summed E-state index contributed by atoms with van der Waals surface area (Å²) in [6, 6.07) is 7.55. The summed E-state index contributed by atoms with van der Waals surface area (Å²) in [5, 5.41) is 14.4. The number of nitrogens with one attached hydrogen (secondary N) is 1. The van der Waals surface area contributed by atoms with Gasteiger partial charge in [-0.3, -0.25) is 0 Å². The molecule has 2 heterocycles. The third kappa shape index (κ3) is 5.60. The van der Waals surface area contributed by atoms with Gasteiger partial charge in [0.1, 0.15) is 11.0 Å². The van der Waals surface area contributed by atoms with Crippen molar-refractivity contribution in [3.8, 4) is 17.4 Å². The van der Waals surface area contributed by atoms with Crippen LogP contribution in [0.1, 0.15) is 24.4 Å². The highest BCUT2D eigenvalue weighted by molar-refractivity contribution is 7.18. The van der Waals surface area contributed by atoms with E-state index in [2.05, 4.69) is 28.3 Å². The second kappa shape index (κ2) is 9.80. The summed E-state index contributed by atoms with van der Waals surface area (Å²) < 4.78 is 6.44. The van der Waals surface area contributed by atoms with Crippen molar-refractivity contribution in [2.45, 2.75) is 26.8 Å². The van der Waals surface area contributed by atoms with Crippen LogP contribution in [-0.4, -0.2) is 34.5 Å². The second-order valence-corrected chi connectivity index (χ2v) is 6.90. The van der Waals surface area contributed by atoms with Gasteiger partial charge in [0.25, 0.3) is 0 Å². The first-order valence-corrected chi connectivity index (χ1v) is 9.28. The molecule has 0 bridgehead atoms. The molecule has 2 aromatic heterocycles. The number of phenolic OH excluding ortho intramolecular Hbond substituents is 1. The molecule has 0 saturated heterocycles. The minimum Gasteiger partial charge on any atom is -0.503 e. The molecule has 0 fully saturated rings. The number of carbonyl (C=O) groups excluding carboxylic acids is 1. The number of aromatic nitrogens is 2. The molecular formula is C20H23N3O3S. The number of hydrogen-bond acceptors (Lipinski definition) is 7. The predicted octanol–water partition coefficient (Wildman–Crippen LogP) is 4.32. The zero-order valence-electron chi connectivity index (χ0n) is 15.8. The lowest BCUT2D eigenvalue weighted by molar-refractivity contribution is -0.106. The van der Waals surface area contributed by atoms with Crippen LogP contribution in [0.25, 0.3) is 16.3 Å². The monoisotopic (exact) mass is 385 g/mol. The number of phenols is 1. The molecule has 0 spiro atoms. The molecule has 0 aliphatic carbocycles. The van der Waals surface area contributed by atoms with Gasteiger partial charge in [0.05, 0.1) is 10.5 Å². The number of rotatable bonds is 5. The fraction of sp³-hybridized carbons (Fsp3) is 0.250. The number of aromatic hydroxyl groups is 1. The fourth-order valence-corrected chi connectivity index (χ4v) is 3.02. The lowest BCUT2D eigenvalue weighted by Gasteiger charge is -2.07. The summed E-state index contributed by atoms with van der Waals surface area (Å²) in [6.45, 7) is 5.43. The van der Waals surface area contributed by atoms with E-state index in [0.717, 1.165) is 27.1 Å². The molecule has 1 aromatic carbocycles. The summed E-state index contributed by atoms with van der Waals surface area (Å²) in [5.74, 6) is 0.919. The van der Waals surface area contributed by atoms with Gasteiger partial charge in [0.15, 0.2) is 11.5 Å². The number of benzene rings is 1. The zero-order valence-corrected chi connectivity index (χ0v) is 16.6. The Hall–Kier alpha value is -2.77. The molecule has 1 atom stereocenters. The van der Waals surface area contributed by atoms with Gasteiger partial charge < -0.3 is 20.0 Å². The van der Waals surface area contributed by atoms with Crippen LogP contribution in [-0.2, 0) is 4.79 Å². The largest absolute Gasteiger partial charge is 0.503 e. The van der Waals surface area contributed by atoms with E-state index in [1.165, 1.54) is 18.3 Å². The number of pyridine rings is 1. The Morgan fingerprint density at radius 1 is 1.30 bits per heavy atom. The van der Waals surface area contributed by atoms with Crippen LogP contribution in [0.15, 0.2) is 36.5 Å². The number of ether oxygens (including phenoxy) is 1. The molecule has 0 unspecified atom stereocenters. The number of fused-ring (bicyclic) bond motifs is 1. The average Bonchev–Trinajstić information content (AvgIpc) is 3.05. The molecule has 7 heteroatoms. The van der Waals surface area contributed by atoms with E-state index >= 15 is 0 Å². The number of thiazole rings is 1. The van der Waals surface area contributed by atoms with Crippen LogP contribution in [0.4, 0.5) is 0 Å². The Morgan fingerprint density at radius 3 is 2.67 bits per heavy atom. The Bertz CT molecular complexity index is 920. The van der Waals surface area contributed by atoms with Crippen molar-refractivity contribution in [2.24, 2.45) is 0 Å². The van der Waals surface area contributed by atoms with Gasteiger partial charge in [0, 0.05) is 18.3 Å². The molecule has 0 aliphatic rings. The minimum atomic E-state index is 0.103. The number of hydrogen-bond donors (Lipinski definition) is 2. The average molecular weight is 385 g/mol. The van der Waals surface area contributed by atoms with E-state index in [9.17, 15) is 5.11 Å². The molecule has 3 aromatic rings. The second-order valence-electron chi connectivity index (χ2n) is 5.70. The smallest absolute Gasteiger partial charge is 0.219 e. The molecule has 0 amide bonds. The summed E-state index contributed by atoms with van der Waals surface area (Å²) in [7, 11) is 1.91. The van der Waals surface area contributed by atoms with Gasteiger partial charge >= 0.3 is 0 Å². The maximum absolute atomic E-state index is 10.4. The third-order valence-corrected chi connectivity index (χ3v) is 4.60. The fourth-order valence-electron chi connectivity index (χ4n) is 2.17. The van der Waals surface area contributed by atoms with Gasteiger partial charge in [-0.1, -0.05) is 12.2 Å². The summed E-state index contributed by atoms with van der Waals surface area (Å²) in [4.78, 5) is 17.4. The first-order valence-electron chi connectivity index (χ1n) is 8.46. The van der Waals surface area contributed by atoms with Crippen LogP contribution in [0.5, 0.6) is 17.4 Å². The highest BCUT2D eigenvalue weighted by atomic mass is 32.1. The highest BCUT2D eigenvalue weighted by Gasteiger charge is 2.12. The van der Waals surface area contributed by atoms with E-state index < -0.39 is 0 Å².